The van der Waals surface area contributed by atoms with E-state index >= 15 is 0 Å². The molecule has 0 aromatic heterocycles. The minimum Gasteiger partial charge on any atom is -0.465 e. The van der Waals surface area contributed by atoms with Gasteiger partial charge in [0.1, 0.15) is 0 Å². The van der Waals surface area contributed by atoms with Gasteiger partial charge < -0.3 is 10.0 Å². The van der Waals surface area contributed by atoms with Crippen LogP contribution in [0.1, 0.15) is 6.42 Å². The zero-order valence-corrected chi connectivity index (χ0v) is 5.53. The molecule has 2 bridgehead atoms. The lowest BCUT2D eigenvalue weighted by Crippen LogP contribution is -2.34. The van der Waals surface area contributed by atoms with Crippen molar-refractivity contribution in [2.45, 2.75) is 12.5 Å². The van der Waals surface area contributed by atoms with E-state index in [1.165, 1.54) is 4.90 Å². The minimum absolute atomic E-state index is 0.183. The van der Waals surface area contributed by atoms with Crippen LogP contribution in [-0.4, -0.2) is 28.7 Å². The first-order valence-electron chi connectivity index (χ1n) is 3.45. The van der Waals surface area contributed by atoms with E-state index in [-0.39, 0.29) is 6.04 Å². The minimum atomic E-state index is -0.781. The highest BCUT2D eigenvalue weighted by Crippen LogP contribution is 2.30. The van der Waals surface area contributed by atoms with E-state index < -0.39 is 6.09 Å². The number of hydrogen-bond donors (Lipinski definition) is 1. The second kappa shape index (κ2) is 1.75. The van der Waals surface area contributed by atoms with Gasteiger partial charge in [-0.15, -0.1) is 0 Å². The van der Waals surface area contributed by atoms with Crippen molar-refractivity contribution in [3.63, 3.8) is 0 Å². The largest absolute Gasteiger partial charge is 0.465 e. The van der Waals surface area contributed by atoms with E-state index in [1.807, 2.05) is 6.08 Å². The predicted octanol–water partition coefficient (Wildman–Crippen LogP) is 0.925. The van der Waals surface area contributed by atoms with Crippen LogP contribution in [-0.2, 0) is 0 Å². The maximum Gasteiger partial charge on any atom is 0.407 e. The van der Waals surface area contributed by atoms with Gasteiger partial charge in [0, 0.05) is 6.54 Å². The Kier molecular flexibility index (Phi) is 1.01. The lowest BCUT2D eigenvalue weighted by Gasteiger charge is -2.19. The Morgan fingerprint density at radius 1 is 1.60 bits per heavy atom. The van der Waals surface area contributed by atoms with Crippen molar-refractivity contribution in [3.8, 4) is 0 Å². The van der Waals surface area contributed by atoms with Gasteiger partial charge >= 0.3 is 6.09 Å². The van der Waals surface area contributed by atoms with Crippen molar-refractivity contribution in [1.82, 2.24) is 4.90 Å². The Balaban J connectivity index is 2.16. The smallest absolute Gasteiger partial charge is 0.407 e. The van der Waals surface area contributed by atoms with Gasteiger partial charge in [0.25, 0.3) is 0 Å². The molecule has 3 nitrogen and oxygen atoms in total. The van der Waals surface area contributed by atoms with E-state index in [0.717, 1.165) is 6.42 Å². The van der Waals surface area contributed by atoms with Crippen LogP contribution in [0.25, 0.3) is 0 Å². The van der Waals surface area contributed by atoms with Gasteiger partial charge in [-0.05, 0) is 12.3 Å². The summed E-state index contributed by atoms with van der Waals surface area (Å²) in [7, 11) is 0. The summed E-state index contributed by atoms with van der Waals surface area (Å²) in [5, 5.41) is 8.63. The Bertz CT molecular complexity index is 200. The van der Waals surface area contributed by atoms with E-state index in [9.17, 15) is 4.79 Å². The molecule has 0 radical (unpaired) electrons. The average molecular weight is 139 g/mol. The lowest BCUT2D eigenvalue weighted by molar-refractivity contribution is 0.145. The standard InChI is InChI=1S/C7H9NO2/c9-7(10)8-4-5-1-2-6(8)3-5/h1-2,5-6H,3-4H2,(H,9,10)/t5?,6-/m1/s1. The Morgan fingerprint density at radius 3 is 2.70 bits per heavy atom. The van der Waals surface area contributed by atoms with E-state index in [0.29, 0.717) is 12.5 Å². The van der Waals surface area contributed by atoms with Crippen LogP contribution in [0.4, 0.5) is 4.79 Å². The van der Waals surface area contributed by atoms with E-state index in [4.69, 9.17) is 5.11 Å². The molecule has 2 rings (SSSR count). The third-order valence-electron chi connectivity index (χ3n) is 2.23. The average Bonchev–Trinajstić information content (AvgIpc) is 2.44. The highest BCUT2D eigenvalue weighted by atomic mass is 16.4. The molecule has 1 heterocycles. The first-order chi connectivity index (χ1) is 4.77. The quantitative estimate of drug-likeness (QED) is 0.507. The number of carbonyl (C=O) groups is 1. The SMILES string of the molecule is O=C(O)N1CC2C=C[C@@H]1C2. The molecular weight excluding hydrogens is 130 g/mol. The molecule has 54 valence electrons. The van der Waals surface area contributed by atoms with Crippen molar-refractivity contribution in [3.05, 3.63) is 12.2 Å². The van der Waals surface area contributed by atoms with Crippen molar-refractivity contribution < 1.29 is 9.90 Å². The van der Waals surface area contributed by atoms with Gasteiger partial charge in [0.15, 0.2) is 0 Å². The van der Waals surface area contributed by atoms with Gasteiger partial charge in [-0.1, -0.05) is 12.2 Å². The highest BCUT2D eigenvalue weighted by molar-refractivity contribution is 5.66. The monoisotopic (exact) mass is 139 g/mol. The molecule has 0 saturated carbocycles. The molecule has 0 spiro atoms. The fourth-order valence-corrected chi connectivity index (χ4v) is 1.73. The summed E-state index contributed by atoms with van der Waals surface area (Å²) >= 11 is 0. The molecule has 1 N–H and O–H groups in total. The van der Waals surface area contributed by atoms with Gasteiger partial charge in [0.2, 0.25) is 0 Å². The topological polar surface area (TPSA) is 40.5 Å². The summed E-state index contributed by atoms with van der Waals surface area (Å²) in [6.07, 6.45) is 4.33. The molecule has 1 amide bonds. The van der Waals surface area contributed by atoms with Crippen LogP contribution in [0.5, 0.6) is 0 Å². The molecule has 0 aromatic rings. The molecule has 2 aliphatic rings. The number of likely N-dealkylation sites (tertiary alicyclic amines) is 1. The molecule has 1 aliphatic heterocycles. The molecule has 3 heteroatoms. The number of hydrogen-bond acceptors (Lipinski definition) is 1. The van der Waals surface area contributed by atoms with Gasteiger partial charge in [-0.25, -0.2) is 4.79 Å². The number of amides is 1. The van der Waals surface area contributed by atoms with Crippen LogP contribution in [0.15, 0.2) is 12.2 Å². The summed E-state index contributed by atoms with van der Waals surface area (Å²) in [5.74, 6) is 0.501. The van der Waals surface area contributed by atoms with Crippen molar-refractivity contribution >= 4 is 6.09 Å². The number of carboxylic acid groups (broad SMARTS) is 1. The Labute approximate surface area is 58.9 Å². The number of nitrogens with zero attached hydrogens (tertiary/aromatic N) is 1. The van der Waals surface area contributed by atoms with Crippen LogP contribution in [0.2, 0.25) is 0 Å². The number of rotatable bonds is 0. The van der Waals surface area contributed by atoms with Gasteiger partial charge in [-0.2, -0.15) is 0 Å². The van der Waals surface area contributed by atoms with Crippen LogP contribution in [0.3, 0.4) is 0 Å². The Morgan fingerprint density at radius 2 is 2.40 bits per heavy atom. The van der Waals surface area contributed by atoms with E-state index in [1.54, 1.807) is 0 Å². The fraction of sp³-hybridized carbons (Fsp3) is 0.571. The first-order valence-corrected chi connectivity index (χ1v) is 3.45. The maximum atomic E-state index is 10.5. The predicted molar refractivity (Wildman–Crippen MR) is 35.8 cm³/mol. The summed E-state index contributed by atoms with van der Waals surface area (Å²) in [5.41, 5.74) is 0. The Hall–Kier alpha value is -0.990. The van der Waals surface area contributed by atoms with Crippen LogP contribution >= 0.6 is 0 Å². The van der Waals surface area contributed by atoms with Crippen molar-refractivity contribution in [2.75, 3.05) is 6.54 Å². The molecule has 10 heavy (non-hydrogen) atoms. The highest BCUT2D eigenvalue weighted by Gasteiger charge is 2.36. The normalized spacial score (nSPS) is 35.4. The second-order valence-corrected chi connectivity index (χ2v) is 2.88. The summed E-state index contributed by atoms with van der Waals surface area (Å²) in [6.45, 7) is 0.705. The van der Waals surface area contributed by atoms with Gasteiger partial charge in [0.05, 0.1) is 6.04 Å². The van der Waals surface area contributed by atoms with Crippen molar-refractivity contribution in [2.24, 2.45) is 5.92 Å². The van der Waals surface area contributed by atoms with Gasteiger partial charge in [-0.3, -0.25) is 0 Å². The van der Waals surface area contributed by atoms with Crippen LogP contribution < -0.4 is 0 Å². The molecule has 2 atom stereocenters. The molecule has 1 saturated heterocycles. The molecule has 1 unspecified atom stereocenters. The van der Waals surface area contributed by atoms with Crippen molar-refractivity contribution in [1.29, 1.82) is 0 Å². The molecule has 0 aromatic carbocycles. The maximum absolute atomic E-state index is 10.5. The molecule has 1 aliphatic carbocycles. The summed E-state index contributed by atoms with van der Waals surface area (Å²) < 4.78 is 0. The summed E-state index contributed by atoms with van der Waals surface area (Å²) in [6, 6.07) is 0.183. The molecule has 1 fully saturated rings. The number of fused-ring (bicyclic) bond motifs is 2. The van der Waals surface area contributed by atoms with Crippen LogP contribution in [0, 0.1) is 5.92 Å². The third-order valence-corrected chi connectivity index (χ3v) is 2.23. The fourth-order valence-electron chi connectivity index (χ4n) is 1.73. The second-order valence-electron chi connectivity index (χ2n) is 2.88. The first kappa shape index (κ1) is 5.77. The zero-order chi connectivity index (χ0) is 7.14. The molecular formula is C7H9NO2. The summed E-state index contributed by atoms with van der Waals surface area (Å²) in [4.78, 5) is 12.0. The van der Waals surface area contributed by atoms with E-state index in [2.05, 4.69) is 6.08 Å². The zero-order valence-electron chi connectivity index (χ0n) is 5.53. The lowest BCUT2D eigenvalue weighted by atomic mass is 10.2. The third kappa shape index (κ3) is 0.632.